The number of nitrogens with one attached hydrogen (secondary N) is 1. The van der Waals surface area contributed by atoms with E-state index in [4.69, 9.17) is 4.74 Å². The van der Waals surface area contributed by atoms with Crippen molar-refractivity contribution in [2.75, 3.05) is 6.54 Å². The molecule has 1 aliphatic heterocycles. The van der Waals surface area contributed by atoms with Gasteiger partial charge in [0, 0.05) is 16.6 Å². The number of fused-ring (bicyclic) bond motifs is 1. The first kappa shape index (κ1) is 15.0. The number of benzene rings is 1. The van der Waals surface area contributed by atoms with Crippen LogP contribution in [0.5, 0.6) is 0 Å². The predicted octanol–water partition coefficient (Wildman–Crippen LogP) is 3.01. The summed E-state index contributed by atoms with van der Waals surface area (Å²) in [6.07, 6.45) is 0.546. The lowest BCUT2D eigenvalue weighted by atomic mass is 9.92. The molecule has 1 aliphatic rings. The van der Waals surface area contributed by atoms with Crippen LogP contribution in [0.4, 0.5) is 0 Å². The fourth-order valence-electron chi connectivity index (χ4n) is 2.23. The highest BCUT2D eigenvalue weighted by Crippen LogP contribution is 2.30. The van der Waals surface area contributed by atoms with Crippen molar-refractivity contribution in [3.05, 3.63) is 33.8 Å². The molecule has 5 heteroatoms. The molecule has 0 saturated carbocycles. The zero-order valence-electron chi connectivity index (χ0n) is 11.8. The average molecular weight is 340 g/mol. The smallest absolute Gasteiger partial charge is 0.314 e. The van der Waals surface area contributed by atoms with Gasteiger partial charge in [-0.05, 0) is 51.0 Å². The standard InChI is InChI=1S/C15H18BrNO3/c1-15(2,3)20-14(19)11-6-7-17-13(18)10-5-4-9(16)8-12(10)11/h4-5,8,11H,6-7H2,1-3H3,(H,17,18)/t11-/m1/s1. The second-order valence-corrected chi connectivity index (χ2v) is 6.78. The van der Waals surface area contributed by atoms with E-state index in [2.05, 4.69) is 21.2 Å². The van der Waals surface area contributed by atoms with Gasteiger partial charge in [0.25, 0.3) is 5.91 Å². The molecule has 1 heterocycles. The van der Waals surface area contributed by atoms with Gasteiger partial charge in [-0.3, -0.25) is 9.59 Å². The van der Waals surface area contributed by atoms with Crippen molar-refractivity contribution >= 4 is 27.8 Å². The summed E-state index contributed by atoms with van der Waals surface area (Å²) in [7, 11) is 0. The summed E-state index contributed by atoms with van der Waals surface area (Å²) in [5, 5.41) is 2.81. The van der Waals surface area contributed by atoms with E-state index < -0.39 is 11.5 Å². The maximum absolute atomic E-state index is 12.4. The Morgan fingerprint density at radius 2 is 2.10 bits per heavy atom. The normalized spacial score (nSPS) is 18.8. The highest BCUT2D eigenvalue weighted by molar-refractivity contribution is 9.10. The van der Waals surface area contributed by atoms with E-state index in [1.165, 1.54) is 0 Å². The van der Waals surface area contributed by atoms with Crippen LogP contribution in [-0.4, -0.2) is 24.0 Å². The number of rotatable bonds is 1. The van der Waals surface area contributed by atoms with Crippen LogP contribution in [0.15, 0.2) is 22.7 Å². The van der Waals surface area contributed by atoms with Crippen LogP contribution >= 0.6 is 15.9 Å². The van der Waals surface area contributed by atoms with Gasteiger partial charge in [0.05, 0.1) is 5.92 Å². The van der Waals surface area contributed by atoms with Gasteiger partial charge in [-0.2, -0.15) is 0 Å². The van der Waals surface area contributed by atoms with Gasteiger partial charge in [0.15, 0.2) is 0 Å². The van der Waals surface area contributed by atoms with E-state index in [1.54, 1.807) is 12.1 Å². The van der Waals surface area contributed by atoms with Crippen LogP contribution in [0.1, 0.15) is 49.0 Å². The average Bonchev–Trinajstić information content (AvgIpc) is 2.46. The van der Waals surface area contributed by atoms with Gasteiger partial charge in [-0.1, -0.05) is 15.9 Å². The van der Waals surface area contributed by atoms with Gasteiger partial charge in [0.2, 0.25) is 0 Å². The summed E-state index contributed by atoms with van der Waals surface area (Å²) in [4.78, 5) is 24.4. The minimum Gasteiger partial charge on any atom is -0.459 e. The molecule has 1 amide bonds. The molecule has 4 nitrogen and oxygen atoms in total. The summed E-state index contributed by atoms with van der Waals surface area (Å²) in [6, 6.07) is 5.36. The third kappa shape index (κ3) is 3.39. The van der Waals surface area contributed by atoms with Crippen molar-refractivity contribution in [3.8, 4) is 0 Å². The van der Waals surface area contributed by atoms with Gasteiger partial charge in [0.1, 0.15) is 5.60 Å². The molecule has 108 valence electrons. The fourth-order valence-corrected chi connectivity index (χ4v) is 2.61. The summed E-state index contributed by atoms with van der Waals surface area (Å²) >= 11 is 3.39. The van der Waals surface area contributed by atoms with E-state index in [-0.39, 0.29) is 11.9 Å². The SMILES string of the molecule is CC(C)(C)OC(=O)[C@@H]1CCNC(=O)c2ccc(Br)cc21. The molecule has 1 atom stereocenters. The quantitative estimate of drug-likeness (QED) is 0.800. The Kier molecular flexibility index (Phi) is 4.18. The monoisotopic (exact) mass is 339 g/mol. The highest BCUT2D eigenvalue weighted by Gasteiger charge is 2.31. The second-order valence-electron chi connectivity index (χ2n) is 5.86. The van der Waals surface area contributed by atoms with Gasteiger partial charge >= 0.3 is 5.97 Å². The molecule has 1 N–H and O–H groups in total. The van der Waals surface area contributed by atoms with Crippen molar-refractivity contribution in [2.24, 2.45) is 0 Å². The molecule has 0 radical (unpaired) electrons. The minimum absolute atomic E-state index is 0.140. The molecular formula is C15H18BrNO3. The van der Waals surface area contributed by atoms with Crippen molar-refractivity contribution in [3.63, 3.8) is 0 Å². The summed E-state index contributed by atoms with van der Waals surface area (Å²) < 4.78 is 6.32. The van der Waals surface area contributed by atoms with E-state index in [1.807, 2.05) is 26.8 Å². The Hall–Kier alpha value is -1.36. The molecule has 0 unspecified atom stereocenters. The lowest BCUT2D eigenvalue weighted by Gasteiger charge is -2.24. The van der Waals surface area contributed by atoms with E-state index >= 15 is 0 Å². The fraction of sp³-hybridized carbons (Fsp3) is 0.467. The Balaban J connectivity index is 2.40. The van der Waals surface area contributed by atoms with Crippen molar-refractivity contribution in [2.45, 2.75) is 38.7 Å². The van der Waals surface area contributed by atoms with Crippen molar-refractivity contribution in [1.82, 2.24) is 5.32 Å². The largest absolute Gasteiger partial charge is 0.459 e. The number of hydrogen-bond acceptors (Lipinski definition) is 3. The predicted molar refractivity (Wildman–Crippen MR) is 79.7 cm³/mol. The van der Waals surface area contributed by atoms with Crippen LogP contribution in [0.2, 0.25) is 0 Å². The van der Waals surface area contributed by atoms with Gasteiger partial charge < -0.3 is 10.1 Å². The Labute approximate surface area is 127 Å². The van der Waals surface area contributed by atoms with Crippen LogP contribution in [0.25, 0.3) is 0 Å². The first-order valence-electron chi connectivity index (χ1n) is 6.58. The van der Waals surface area contributed by atoms with E-state index in [0.717, 1.165) is 10.0 Å². The highest BCUT2D eigenvalue weighted by atomic mass is 79.9. The summed E-state index contributed by atoms with van der Waals surface area (Å²) in [5.41, 5.74) is 0.734. The molecule has 1 aromatic carbocycles. The lowest BCUT2D eigenvalue weighted by molar-refractivity contribution is -0.156. The molecule has 0 aromatic heterocycles. The molecule has 0 bridgehead atoms. The van der Waals surface area contributed by atoms with Crippen LogP contribution in [-0.2, 0) is 9.53 Å². The number of esters is 1. The third-order valence-electron chi connectivity index (χ3n) is 3.04. The number of carbonyl (C=O) groups excluding carboxylic acids is 2. The zero-order valence-corrected chi connectivity index (χ0v) is 13.4. The Bertz CT molecular complexity index is 549. The molecular weight excluding hydrogens is 322 g/mol. The molecule has 0 spiro atoms. The Morgan fingerprint density at radius 1 is 1.40 bits per heavy atom. The van der Waals surface area contributed by atoms with Crippen LogP contribution in [0.3, 0.4) is 0 Å². The first-order valence-corrected chi connectivity index (χ1v) is 7.38. The second kappa shape index (κ2) is 5.56. The number of halogens is 1. The number of ether oxygens (including phenoxy) is 1. The topological polar surface area (TPSA) is 55.4 Å². The number of hydrogen-bond donors (Lipinski definition) is 1. The summed E-state index contributed by atoms with van der Waals surface area (Å²) in [6.45, 7) is 5.99. The number of amides is 1. The number of carbonyl (C=O) groups is 2. The van der Waals surface area contributed by atoms with Gasteiger partial charge in [-0.25, -0.2) is 0 Å². The third-order valence-corrected chi connectivity index (χ3v) is 3.54. The first-order chi connectivity index (χ1) is 9.28. The summed E-state index contributed by atoms with van der Waals surface area (Å²) in [5.74, 6) is -0.840. The van der Waals surface area contributed by atoms with Crippen molar-refractivity contribution < 1.29 is 14.3 Å². The lowest BCUT2D eigenvalue weighted by Crippen LogP contribution is -2.28. The van der Waals surface area contributed by atoms with Crippen molar-refractivity contribution in [1.29, 1.82) is 0 Å². The maximum Gasteiger partial charge on any atom is 0.314 e. The van der Waals surface area contributed by atoms with Gasteiger partial charge in [-0.15, -0.1) is 0 Å². The van der Waals surface area contributed by atoms with E-state index in [0.29, 0.717) is 18.5 Å². The molecule has 0 fully saturated rings. The molecule has 2 rings (SSSR count). The van der Waals surface area contributed by atoms with E-state index in [9.17, 15) is 9.59 Å². The molecule has 20 heavy (non-hydrogen) atoms. The van der Waals surface area contributed by atoms with Crippen LogP contribution < -0.4 is 5.32 Å². The maximum atomic E-state index is 12.4. The minimum atomic E-state index is -0.535. The molecule has 0 saturated heterocycles. The zero-order chi connectivity index (χ0) is 14.9. The molecule has 0 aliphatic carbocycles. The van der Waals surface area contributed by atoms with Crippen LogP contribution in [0, 0.1) is 0 Å². The molecule has 1 aromatic rings. The Morgan fingerprint density at radius 3 is 2.75 bits per heavy atom.